The van der Waals surface area contributed by atoms with Crippen LogP contribution in [-0.2, 0) is 6.42 Å². The first kappa shape index (κ1) is 11.9. The molecular formula is C15H18N2S. The van der Waals surface area contributed by atoms with E-state index in [0.717, 1.165) is 0 Å². The summed E-state index contributed by atoms with van der Waals surface area (Å²) in [5.74, 6) is 0.513. The molecule has 18 heavy (non-hydrogen) atoms. The van der Waals surface area contributed by atoms with E-state index in [1.165, 1.54) is 35.4 Å². The van der Waals surface area contributed by atoms with Crippen molar-refractivity contribution in [2.75, 3.05) is 7.05 Å². The number of fused-ring (bicyclic) bond motifs is 1. The molecule has 2 atom stereocenters. The summed E-state index contributed by atoms with van der Waals surface area (Å²) < 4.78 is 0. The van der Waals surface area contributed by atoms with Crippen LogP contribution in [0.1, 0.15) is 40.9 Å². The van der Waals surface area contributed by atoms with Crippen LogP contribution in [-0.4, -0.2) is 12.0 Å². The van der Waals surface area contributed by atoms with E-state index < -0.39 is 0 Å². The number of thiophene rings is 1. The predicted molar refractivity (Wildman–Crippen MR) is 76.0 cm³/mol. The van der Waals surface area contributed by atoms with Crippen LogP contribution in [0.15, 0.2) is 35.8 Å². The molecule has 2 unspecified atom stereocenters. The highest BCUT2D eigenvalue weighted by atomic mass is 32.1. The van der Waals surface area contributed by atoms with Gasteiger partial charge in [0.25, 0.3) is 0 Å². The van der Waals surface area contributed by atoms with Gasteiger partial charge in [-0.15, -0.1) is 11.3 Å². The number of pyridine rings is 1. The number of aromatic nitrogens is 1. The second kappa shape index (κ2) is 5.21. The summed E-state index contributed by atoms with van der Waals surface area (Å²) in [5.41, 5.74) is 2.74. The van der Waals surface area contributed by atoms with Gasteiger partial charge >= 0.3 is 0 Å². The Kier molecular flexibility index (Phi) is 3.43. The van der Waals surface area contributed by atoms with Gasteiger partial charge in [0.1, 0.15) is 0 Å². The molecule has 1 aliphatic carbocycles. The number of nitrogens with zero attached hydrogens (tertiary/aromatic N) is 1. The fourth-order valence-electron chi connectivity index (χ4n) is 2.98. The molecule has 2 heterocycles. The maximum Gasteiger partial charge on any atom is 0.0497 e. The SMILES string of the molecule is CNC(c1cccs1)C1CCCc2cccnc21. The molecule has 0 spiro atoms. The fraction of sp³-hybridized carbons (Fsp3) is 0.400. The molecule has 0 amide bonds. The molecule has 2 nitrogen and oxygen atoms in total. The average Bonchev–Trinajstić information content (AvgIpc) is 2.94. The van der Waals surface area contributed by atoms with Gasteiger partial charge in [-0.2, -0.15) is 0 Å². The summed E-state index contributed by atoms with van der Waals surface area (Å²) >= 11 is 1.83. The van der Waals surface area contributed by atoms with Crippen molar-refractivity contribution in [3.05, 3.63) is 52.0 Å². The minimum absolute atomic E-state index is 0.402. The lowest BCUT2D eigenvalue weighted by Crippen LogP contribution is -2.26. The van der Waals surface area contributed by atoms with Crippen LogP contribution in [0.5, 0.6) is 0 Å². The Bertz CT molecular complexity index is 507. The minimum atomic E-state index is 0.402. The van der Waals surface area contributed by atoms with E-state index in [-0.39, 0.29) is 0 Å². The Morgan fingerprint density at radius 1 is 1.39 bits per heavy atom. The van der Waals surface area contributed by atoms with E-state index in [0.29, 0.717) is 12.0 Å². The predicted octanol–water partition coefficient (Wildman–Crippen LogP) is 3.52. The van der Waals surface area contributed by atoms with Crippen molar-refractivity contribution >= 4 is 11.3 Å². The van der Waals surface area contributed by atoms with E-state index in [4.69, 9.17) is 0 Å². The maximum atomic E-state index is 4.64. The van der Waals surface area contributed by atoms with Gasteiger partial charge in [0.05, 0.1) is 0 Å². The molecule has 3 rings (SSSR count). The largest absolute Gasteiger partial charge is 0.312 e. The highest BCUT2D eigenvalue weighted by Gasteiger charge is 2.29. The number of aryl methyl sites for hydroxylation is 1. The number of rotatable bonds is 3. The summed E-state index contributed by atoms with van der Waals surface area (Å²) in [6.45, 7) is 0. The Morgan fingerprint density at radius 3 is 3.11 bits per heavy atom. The minimum Gasteiger partial charge on any atom is -0.312 e. The maximum absolute atomic E-state index is 4.64. The van der Waals surface area contributed by atoms with Crippen molar-refractivity contribution in [1.29, 1.82) is 0 Å². The molecule has 0 saturated heterocycles. The van der Waals surface area contributed by atoms with Crippen LogP contribution < -0.4 is 5.32 Å². The monoisotopic (exact) mass is 258 g/mol. The molecule has 2 aromatic heterocycles. The van der Waals surface area contributed by atoms with Crippen LogP contribution in [0, 0.1) is 0 Å². The zero-order valence-electron chi connectivity index (χ0n) is 10.6. The molecule has 1 N–H and O–H groups in total. The number of nitrogens with one attached hydrogen (secondary N) is 1. The Morgan fingerprint density at radius 2 is 2.33 bits per heavy atom. The van der Waals surface area contributed by atoms with Gasteiger partial charge in [-0.05, 0) is 49.4 Å². The standard InChI is InChI=1S/C15H18N2S/c1-16-15(13-8-4-10-18-13)12-7-2-5-11-6-3-9-17-14(11)12/h3-4,6,8-10,12,15-16H,2,5,7H2,1H3. The Hall–Kier alpha value is -1.19. The lowest BCUT2D eigenvalue weighted by Gasteiger charge is -2.30. The highest BCUT2D eigenvalue weighted by molar-refractivity contribution is 7.10. The van der Waals surface area contributed by atoms with Crippen LogP contribution in [0.25, 0.3) is 0 Å². The lowest BCUT2D eigenvalue weighted by atomic mass is 9.81. The first-order valence-corrected chi connectivity index (χ1v) is 7.42. The zero-order valence-corrected chi connectivity index (χ0v) is 11.4. The fourth-order valence-corrected chi connectivity index (χ4v) is 3.88. The number of hydrogen-bond donors (Lipinski definition) is 1. The van der Waals surface area contributed by atoms with Crippen LogP contribution in [0.3, 0.4) is 0 Å². The van der Waals surface area contributed by atoms with E-state index in [1.807, 2.05) is 17.5 Å². The highest BCUT2D eigenvalue weighted by Crippen LogP contribution is 2.40. The van der Waals surface area contributed by atoms with Gasteiger partial charge in [-0.25, -0.2) is 0 Å². The van der Waals surface area contributed by atoms with Crippen molar-refractivity contribution in [1.82, 2.24) is 10.3 Å². The lowest BCUT2D eigenvalue weighted by molar-refractivity contribution is 0.420. The second-order valence-corrected chi connectivity index (χ2v) is 5.81. The first-order chi connectivity index (χ1) is 8.90. The van der Waals surface area contributed by atoms with E-state index in [9.17, 15) is 0 Å². The molecule has 0 saturated carbocycles. The van der Waals surface area contributed by atoms with Crippen molar-refractivity contribution in [2.24, 2.45) is 0 Å². The molecule has 0 fully saturated rings. The van der Waals surface area contributed by atoms with Crippen molar-refractivity contribution in [2.45, 2.75) is 31.2 Å². The summed E-state index contributed by atoms with van der Waals surface area (Å²) in [5, 5.41) is 5.64. The average molecular weight is 258 g/mol. The van der Waals surface area contributed by atoms with Gasteiger partial charge in [0, 0.05) is 28.7 Å². The molecular weight excluding hydrogens is 240 g/mol. The van der Waals surface area contributed by atoms with Gasteiger partial charge in [-0.3, -0.25) is 4.98 Å². The summed E-state index contributed by atoms with van der Waals surface area (Å²) in [6, 6.07) is 9.05. The molecule has 0 bridgehead atoms. The molecule has 2 aromatic rings. The smallest absolute Gasteiger partial charge is 0.0497 e. The molecule has 0 aromatic carbocycles. The second-order valence-electron chi connectivity index (χ2n) is 4.83. The molecule has 94 valence electrons. The number of likely N-dealkylation sites (N-methyl/N-ethyl adjacent to an activating group) is 1. The van der Waals surface area contributed by atoms with Crippen molar-refractivity contribution in [3.8, 4) is 0 Å². The molecule has 3 heteroatoms. The Balaban J connectivity index is 1.97. The molecule has 1 aliphatic rings. The van der Waals surface area contributed by atoms with Crippen LogP contribution >= 0.6 is 11.3 Å². The van der Waals surface area contributed by atoms with Crippen LogP contribution in [0.2, 0.25) is 0 Å². The van der Waals surface area contributed by atoms with Gasteiger partial charge < -0.3 is 5.32 Å². The quantitative estimate of drug-likeness (QED) is 0.911. The van der Waals surface area contributed by atoms with Gasteiger partial charge in [-0.1, -0.05) is 12.1 Å². The third-order valence-electron chi connectivity index (χ3n) is 3.80. The van der Waals surface area contributed by atoms with E-state index >= 15 is 0 Å². The topological polar surface area (TPSA) is 24.9 Å². The van der Waals surface area contributed by atoms with Crippen molar-refractivity contribution < 1.29 is 0 Å². The first-order valence-electron chi connectivity index (χ1n) is 6.54. The number of hydrogen-bond acceptors (Lipinski definition) is 3. The van der Waals surface area contributed by atoms with Gasteiger partial charge in [0.2, 0.25) is 0 Å². The summed E-state index contributed by atoms with van der Waals surface area (Å²) in [4.78, 5) is 6.06. The third kappa shape index (κ3) is 2.08. The third-order valence-corrected chi connectivity index (χ3v) is 4.76. The van der Waals surface area contributed by atoms with Crippen LogP contribution in [0.4, 0.5) is 0 Å². The van der Waals surface area contributed by atoms with Gasteiger partial charge in [0.15, 0.2) is 0 Å². The molecule has 0 aliphatic heterocycles. The van der Waals surface area contributed by atoms with E-state index in [1.54, 1.807) is 0 Å². The zero-order chi connectivity index (χ0) is 12.4. The summed E-state index contributed by atoms with van der Waals surface area (Å²) in [7, 11) is 2.06. The molecule has 0 radical (unpaired) electrons. The normalized spacial score (nSPS) is 20.4. The Labute approximate surface area is 112 Å². The van der Waals surface area contributed by atoms with E-state index in [2.05, 4.69) is 47.0 Å². The summed E-state index contributed by atoms with van der Waals surface area (Å²) in [6.07, 6.45) is 5.61. The van der Waals surface area contributed by atoms with Crippen molar-refractivity contribution in [3.63, 3.8) is 0 Å².